The second kappa shape index (κ2) is 12.4. The van der Waals surface area contributed by atoms with Crippen LogP contribution in [-0.2, 0) is 11.0 Å². The molecule has 0 radical (unpaired) electrons. The third-order valence-electron chi connectivity index (χ3n) is 6.97. The second-order valence-electron chi connectivity index (χ2n) is 10.1. The summed E-state index contributed by atoms with van der Waals surface area (Å²) in [6, 6.07) is 4.61. The fourth-order valence-corrected chi connectivity index (χ4v) is 5.11. The first-order valence-electron chi connectivity index (χ1n) is 12.7. The molecule has 5 rings (SSSR count). The SMILES string of the molecule is C[C@H]1CN(c2c(NC(=O)c3ccc(F)c(-c4c(F)cccc4F)n3)cnc3c2CC[C@@H]3O)C[C@@H](N)[C@@H]1O.O=P(O)(O)O. The summed E-state index contributed by atoms with van der Waals surface area (Å²) >= 11 is 0. The van der Waals surface area contributed by atoms with Gasteiger partial charge in [-0.1, -0.05) is 13.0 Å². The number of phosphoric acid groups is 1. The quantitative estimate of drug-likeness (QED) is 0.213. The summed E-state index contributed by atoms with van der Waals surface area (Å²) in [6.07, 6.45) is 0.994. The molecule has 3 heterocycles. The Bertz CT molecular complexity index is 1500. The molecular weight excluding hydrogens is 582 g/mol. The lowest BCUT2D eigenvalue weighted by atomic mass is 9.92. The minimum atomic E-state index is -4.64. The number of amides is 1. The van der Waals surface area contributed by atoms with Crippen LogP contribution in [0, 0.1) is 23.4 Å². The predicted octanol–water partition coefficient (Wildman–Crippen LogP) is 2.01. The van der Waals surface area contributed by atoms with Gasteiger partial charge in [0.1, 0.15) is 28.8 Å². The summed E-state index contributed by atoms with van der Waals surface area (Å²) in [5.41, 5.74) is 6.85. The van der Waals surface area contributed by atoms with Gasteiger partial charge in [-0.15, -0.1) is 0 Å². The molecule has 16 heteroatoms. The predicted molar refractivity (Wildman–Crippen MR) is 145 cm³/mol. The molecule has 0 unspecified atom stereocenters. The molecule has 1 fully saturated rings. The number of piperidine rings is 1. The number of pyridine rings is 2. The lowest BCUT2D eigenvalue weighted by molar-refractivity contribution is 0.0784. The van der Waals surface area contributed by atoms with Gasteiger partial charge >= 0.3 is 7.82 Å². The molecule has 0 spiro atoms. The third-order valence-corrected chi connectivity index (χ3v) is 6.97. The van der Waals surface area contributed by atoms with Crippen molar-refractivity contribution < 1.29 is 47.4 Å². The molecular formula is C26H29F3N5O7P. The molecule has 2 aromatic heterocycles. The smallest absolute Gasteiger partial charge is 0.391 e. The van der Waals surface area contributed by atoms with Gasteiger partial charge in [-0.05, 0) is 37.1 Å². The fraction of sp³-hybridized carbons (Fsp3) is 0.346. The largest absolute Gasteiger partial charge is 0.466 e. The molecule has 0 saturated carbocycles. The topological polar surface area (TPSA) is 202 Å². The number of nitrogens with zero attached hydrogens (tertiary/aromatic N) is 3. The number of fused-ring (bicyclic) bond motifs is 1. The number of aliphatic hydroxyl groups is 2. The Morgan fingerprint density at radius 2 is 1.71 bits per heavy atom. The standard InChI is InChI=1S/C26H26F3N5O3.H3O4P/c1-12-10-34(11-17(30)25(12)36)24-13-5-8-20(35)22(13)31-9-19(24)33-26(37)18-7-6-16(29)23(32-18)21-14(27)3-2-4-15(21)28;1-5(2,3)4/h2-4,6-7,9,12,17,20,25,35-36H,5,8,10-11,30H2,1H3,(H,33,37);(H3,1,2,3,4)/t12-,17+,20-,25+;/m0./s1. The van der Waals surface area contributed by atoms with Gasteiger partial charge in [0, 0.05) is 30.6 Å². The van der Waals surface area contributed by atoms with E-state index in [0.717, 1.165) is 35.9 Å². The Hall–Kier alpha value is -3.43. The van der Waals surface area contributed by atoms with Gasteiger partial charge in [0.25, 0.3) is 5.91 Å². The van der Waals surface area contributed by atoms with Gasteiger partial charge in [-0.3, -0.25) is 9.78 Å². The molecule has 12 nitrogen and oxygen atoms in total. The summed E-state index contributed by atoms with van der Waals surface area (Å²) in [5.74, 6) is -3.90. The number of aromatic nitrogens is 2. The maximum Gasteiger partial charge on any atom is 0.466 e. The van der Waals surface area contributed by atoms with Crippen LogP contribution < -0.4 is 16.0 Å². The molecule has 8 N–H and O–H groups in total. The minimum Gasteiger partial charge on any atom is -0.391 e. The lowest BCUT2D eigenvalue weighted by Crippen LogP contribution is -2.56. The van der Waals surface area contributed by atoms with Gasteiger partial charge < -0.3 is 40.8 Å². The molecule has 1 aliphatic carbocycles. The van der Waals surface area contributed by atoms with Crippen molar-refractivity contribution in [3.8, 4) is 11.3 Å². The Labute approximate surface area is 237 Å². The van der Waals surface area contributed by atoms with Crippen LogP contribution in [0.15, 0.2) is 36.5 Å². The highest BCUT2D eigenvalue weighted by Gasteiger charge is 2.36. The number of carbonyl (C=O) groups is 1. The normalized spacial score (nSPS) is 21.8. The molecule has 0 bridgehead atoms. The van der Waals surface area contributed by atoms with Crippen LogP contribution in [0.1, 0.15) is 41.2 Å². The van der Waals surface area contributed by atoms with Crippen molar-refractivity contribution in [3.63, 3.8) is 0 Å². The van der Waals surface area contributed by atoms with Crippen molar-refractivity contribution >= 4 is 25.1 Å². The van der Waals surface area contributed by atoms with E-state index >= 15 is 0 Å². The Balaban J connectivity index is 0.000000748. The Morgan fingerprint density at radius 1 is 1.07 bits per heavy atom. The van der Waals surface area contributed by atoms with Crippen molar-refractivity contribution in [2.75, 3.05) is 23.3 Å². The summed E-state index contributed by atoms with van der Waals surface area (Å²) in [6.45, 7) is 2.64. The van der Waals surface area contributed by atoms with E-state index in [4.69, 9.17) is 25.0 Å². The summed E-state index contributed by atoms with van der Waals surface area (Å²) < 4.78 is 52.0. The summed E-state index contributed by atoms with van der Waals surface area (Å²) in [4.78, 5) is 45.0. The van der Waals surface area contributed by atoms with Crippen molar-refractivity contribution in [2.45, 2.75) is 38.0 Å². The maximum absolute atomic E-state index is 14.5. The number of hydrogen-bond donors (Lipinski definition) is 7. The fourth-order valence-electron chi connectivity index (χ4n) is 5.11. The van der Waals surface area contributed by atoms with E-state index in [9.17, 15) is 28.2 Å². The van der Waals surface area contributed by atoms with Crippen molar-refractivity contribution in [1.82, 2.24) is 9.97 Å². The van der Waals surface area contributed by atoms with E-state index in [2.05, 4.69) is 15.3 Å². The van der Waals surface area contributed by atoms with Crippen molar-refractivity contribution in [1.29, 1.82) is 0 Å². The van der Waals surface area contributed by atoms with E-state index in [1.165, 1.54) is 6.20 Å². The average Bonchev–Trinajstić information content (AvgIpc) is 3.27. The molecule has 1 saturated heterocycles. The molecule has 42 heavy (non-hydrogen) atoms. The van der Waals surface area contributed by atoms with E-state index < -0.39 is 60.7 Å². The molecule has 1 amide bonds. The van der Waals surface area contributed by atoms with Crippen LogP contribution in [-0.4, -0.2) is 66.0 Å². The molecule has 1 aliphatic heterocycles. The van der Waals surface area contributed by atoms with Crippen LogP contribution in [0.5, 0.6) is 0 Å². The zero-order chi connectivity index (χ0) is 30.9. The number of nitrogens with one attached hydrogen (secondary N) is 1. The zero-order valence-corrected chi connectivity index (χ0v) is 23.0. The molecule has 226 valence electrons. The number of benzene rings is 1. The number of nitrogens with two attached hydrogens (primary N) is 1. The van der Waals surface area contributed by atoms with Gasteiger partial charge in [-0.25, -0.2) is 22.7 Å². The van der Waals surface area contributed by atoms with Gasteiger partial charge in [-0.2, -0.15) is 0 Å². The number of aliphatic hydroxyl groups excluding tert-OH is 2. The van der Waals surface area contributed by atoms with E-state index in [1.807, 2.05) is 11.8 Å². The van der Waals surface area contributed by atoms with Crippen LogP contribution in [0.25, 0.3) is 11.3 Å². The second-order valence-corrected chi connectivity index (χ2v) is 11.1. The molecule has 2 aliphatic rings. The van der Waals surface area contributed by atoms with Crippen LogP contribution in [0.3, 0.4) is 0 Å². The summed E-state index contributed by atoms with van der Waals surface area (Å²) in [7, 11) is -4.64. The van der Waals surface area contributed by atoms with Crippen LogP contribution in [0.2, 0.25) is 0 Å². The molecule has 1 aromatic carbocycles. The summed E-state index contributed by atoms with van der Waals surface area (Å²) in [5, 5.41) is 23.4. The first-order chi connectivity index (χ1) is 19.7. The molecule has 4 atom stereocenters. The van der Waals surface area contributed by atoms with Crippen molar-refractivity contribution in [2.24, 2.45) is 11.7 Å². The lowest BCUT2D eigenvalue weighted by Gasteiger charge is -2.41. The number of hydrogen-bond acceptors (Lipinski definition) is 8. The number of rotatable bonds is 4. The van der Waals surface area contributed by atoms with Gasteiger partial charge in [0.15, 0.2) is 0 Å². The van der Waals surface area contributed by atoms with Crippen LogP contribution in [0.4, 0.5) is 24.5 Å². The van der Waals surface area contributed by atoms with Gasteiger partial charge in [0.2, 0.25) is 0 Å². The zero-order valence-electron chi connectivity index (χ0n) is 22.2. The highest BCUT2D eigenvalue weighted by molar-refractivity contribution is 7.45. The first-order valence-corrected chi connectivity index (χ1v) is 14.3. The maximum atomic E-state index is 14.5. The Kier molecular flexibility index (Phi) is 9.33. The first kappa shape index (κ1) is 31.5. The monoisotopic (exact) mass is 611 g/mol. The number of halogens is 3. The van der Waals surface area contributed by atoms with E-state index in [1.54, 1.807) is 0 Å². The molecule has 3 aromatic rings. The van der Waals surface area contributed by atoms with Crippen molar-refractivity contribution in [3.05, 3.63) is 70.9 Å². The number of carbonyl (C=O) groups excluding carboxylic acids is 1. The minimum absolute atomic E-state index is 0.153. The highest BCUT2D eigenvalue weighted by Crippen LogP contribution is 2.41. The Morgan fingerprint density at radius 3 is 2.33 bits per heavy atom. The van der Waals surface area contributed by atoms with Gasteiger partial charge in [0.05, 0.1) is 41.0 Å². The van der Waals surface area contributed by atoms with E-state index in [-0.39, 0.29) is 11.6 Å². The third kappa shape index (κ3) is 6.95. The highest BCUT2D eigenvalue weighted by atomic mass is 31.2. The van der Waals surface area contributed by atoms with E-state index in [0.29, 0.717) is 43.0 Å². The average molecular weight is 612 g/mol. The number of anilines is 2. The van der Waals surface area contributed by atoms with Crippen LogP contribution >= 0.6 is 7.82 Å².